The van der Waals surface area contributed by atoms with Crippen LogP contribution in [0.3, 0.4) is 0 Å². The van der Waals surface area contributed by atoms with E-state index in [1.165, 1.54) is 26.2 Å². The third-order valence-corrected chi connectivity index (χ3v) is 2.16. The maximum Gasteiger partial charge on any atom is 0.330 e. The van der Waals surface area contributed by atoms with Gasteiger partial charge in [0, 0.05) is 12.2 Å². The van der Waals surface area contributed by atoms with Crippen molar-refractivity contribution in [1.29, 1.82) is 0 Å². The van der Waals surface area contributed by atoms with Gasteiger partial charge in [0.15, 0.2) is 0 Å². The maximum absolute atomic E-state index is 9.60. The van der Waals surface area contributed by atoms with Crippen molar-refractivity contribution >= 4 is 5.97 Å². The van der Waals surface area contributed by atoms with Crippen LogP contribution in [0.25, 0.3) is 0 Å². The Morgan fingerprint density at radius 1 is 1.21 bits per heavy atom. The largest absolute Gasteiger partial charge is 1.00 e. The van der Waals surface area contributed by atoms with Crippen LogP contribution in [0, 0.1) is 0 Å². The molecule has 0 amide bonds. The lowest BCUT2D eigenvalue weighted by molar-refractivity contribution is -0.870. The zero-order valence-electron chi connectivity index (χ0n) is 13.0. The number of carboxylic acids is 1. The lowest BCUT2D eigenvalue weighted by atomic mass is 10.3. The smallest absolute Gasteiger partial charge is 0.330 e. The number of carbonyl (C=O) groups is 1. The summed E-state index contributed by atoms with van der Waals surface area (Å²) in [6.07, 6.45) is 3.79. The maximum atomic E-state index is 9.60. The SMILES string of the molecule is C=C(C)C(=O)O.CCCCCOCC[N+](C)(C)C.[Cl-]. The quantitative estimate of drug-likeness (QED) is 0.375. The van der Waals surface area contributed by atoms with Crippen LogP contribution in [0.4, 0.5) is 0 Å². The van der Waals surface area contributed by atoms with Gasteiger partial charge in [-0.1, -0.05) is 26.3 Å². The van der Waals surface area contributed by atoms with E-state index in [4.69, 9.17) is 9.84 Å². The molecule has 0 spiro atoms. The number of aliphatic carboxylic acids is 1. The first-order valence-corrected chi connectivity index (χ1v) is 6.47. The minimum absolute atomic E-state index is 0. The molecule has 116 valence electrons. The summed E-state index contributed by atoms with van der Waals surface area (Å²) in [4.78, 5) is 9.60. The van der Waals surface area contributed by atoms with Gasteiger partial charge in [-0.25, -0.2) is 4.79 Å². The van der Waals surface area contributed by atoms with Gasteiger partial charge in [-0.05, 0) is 13.3 Å². The Hall–Kier alpha value is -0.580. The average molecular weight is 296 g/mol. The molecule has 0 heterocycles. The highest BCUT2D eigenvalue weighted by atomic mass is 35.5. The van der Waals surface area contributed by atoms with Crippen molar-refractivity contribution in [2.45, 2.75) is 33.1 Å². The number of nitrogens with zero attached hydrogens (tertiary/aromatic N) is 1. The molecule has 0 aromatic heterocycles. The molecule has 0 aromatic carbocycles. The molecular weight excluding hydrogens is 266 g/mol. The number of hydrogen-bond donors (Lipinski definition) is 1. The van der Waals surface area contributed by atoms with Gasteiger partial charge in [0.25, 0.3) is 0 Å². The fourth-order valence-electron chi connectivity index (χ4n) is 0.895. The Labute approximate surface area is 124 Å². The van der Waals surface area contributed by atoms with E-state index in [9.17, 15) is 4.79 Å². The normalized spacial score (nSPS) is 9.95. The Balaban J connectivity index is -0.000000313. The van der Waals surface area contributed by atoms with Crippen LogP contribution >= 0.6 is 0 Å². The van der Waals surface area contributed by atoms with Gasteiger partial charge in [-0.15, -0.1) is 0 Å². The van der Waals surface area contributed by atoms with Crippen LogP contribution in [0.15, 0.2) is 12.2 Å². The van der Waals surface area contributed by atoms with Crippen LogP contribution in [0.1, 0.15) is 33.1 Å². The topological polar surface area (TPSA) is 46.5 Å². The average Bonchev–Trinajstić information content (AvgIpc) is 2.22. The van der Waals surface area contributed by atoms with E-state index in [1.807, 2.05) is 0 Å². The summed E-state index contributed by atoms with van der Waals surface area (Å²) in [5.41, 5.74) is 0.176. The van der Waals surface area contributed by atoms with E-state index >= 15 is 0 Å². The summed E-state index contributed by atoms with van der Waals surface area (Å²) in [5.74, 6) is -0.935. The molecule has 19 heavy (non-hydrogen) atoms. The van der Waals surface area contributed by atoms with Crippen LogP contribution in [-0.2, 0) is 9.53 Å². The molecule has 0 fully saturated rings. The number of unbranched alkanes of at least 4 members (excludes halogenated alkanes) is 2. The summed E-state index contributed by atoms with van der Waals surface area (Å²) < 4.78 is 6.49. The molecule has 0 atom stereocenters. The summed E-state index contributed by atoms with van der Waals surface area (Å²) in [5, 5.41) is 7.89. The molecule has 5 heteroatoms. The van der Waals surface area contributed by atoms with E-state index in [0.717, 1.165) is 24.2 Å². The number of rotatable bonds is 8. The van der Waals surface area contributed by atoms with Gasteiger partial charge in [-0.2, -0.15) is 0 Å². The van der Waals surface area contributed by atoms with E-state index in [1.54, 1.807) is 0 Å². The second-order valence-electron chi connectivity index (χ2n) is 5.42. The standard InChI is InChI=1S/C10H24NO.C4H6O2.ClH/c1-5-6-7-9-12-10-8-11(2,3)4;1-3(2)4(5)6;/h5-10H2,1-4H3;1H2,2H3,(H,5,6);1H/q+1;;/p-1. The number of hydrogen-bond acceptors (Lipinski definition) is 2. The Kier molecular flexibility index (Phi) is 17.1. The minimum Gasteiger partial charge on any atom is -1.00 e. The molecule has 0 radical (unpaired) electrons. The van der Waals surface area contributed by atoms with Crippen LogP contribution in [0.5, 0.6) is 0 Å². The molecule has 0 saturated carbocycles. The summed E-state index contributed by atoms with van der Waals surface area (Å²) >= 11 is 0. The number of quaternary nitrogens is 1. The van der Waals surface area contributed by atoms with Gasteiger partial charge >= 0.3 is 5.97 Å². The van der Waals surface area contributed by atoms with Gasteiger partial charge in [0.1, 0.15) is 6.54 Å². The molecular formula is C14H30ClNO3. The van der Waals surface area contributed by atoms with E-state index in [-0.39, 0.29) is 18.0 Å². The molecule has 1 N–H and O–H groups in total. The van der Waals surface area contributed by atoms with E-state index in [2.05, 4.69) is 34.6 Å². The molecule has 0 aliphatic rings. The molecule has 0 aliphatic carbocycles. The van der Waals surface area contributed by atoms with Crippen molar-refractivity contribution in [2.75, 3.05) is 40.9 Å². The van der Waals surface area contributed by atoms with Crippen molar-refractivity contribution < 1.29 is 31.5 Å². The summed E-state index contributed by atoms with van der Waals surface area (Å²) in [6, 6.07) is 0. The predicted molar refractivity (Wildman–Crippen MR) is 75.7 cm³/mol. The minimum atomic E-state index is -0.935. The van der Waals surface area contributed by atoms with Crippen LogP contribution < -0.4 is 12.4 Å². The first kappa shape index (κ1) is 23.5. The Bertz CT molecular complexity index is 225. The first-order valence-electron chi connectivity index (χ1n) is 6.47. The van der Waals surface area contributed by atoms with Gasteiger partial charge in [0.05, 0.1) is 27.7 Å². The van der Waals surface area contributed by atoms with Crippen LogP contribution in [-0.4, -0.2) is 56.5 Å². The highest BCUT2D eigenvalue weighted by Crippen LogP contribution is 1.95. The van der Waals surface area contributed by atoms with Crippen molar-refractivity contribution in [2.24, 2.45) is 0 Å². The summed E-state index contributed by atoms with van der Waals surface area (Å²) in [7, 11) is 6.57. The van der Waals surface area contributed by atoms with Gasteiger partial charge in [0.2, 0.25) is 0 Å². The number of ether oxygens (including phenoxy) is 1. The number of halogens is 1. The lowest BCUT2D eigenvalue weighted by Crippen LogP contribution is -3.00. The highest BCUT2D eigenvalue weighted by Gasteiger charge is 2.04. The van der Waals surface area contributed by atoms with Crippen molar-refractivity contribution in [3.05, 3.63) is 12.2 Å². The lowest BCUT2D eigenvalue weighted by Gasteiger charge is -2.23. The fraction of sp³-hybridized carbons (Fsp3) is 0.786. The Morgan fingerprint density at radius 3 is 2.00 bits per heavy atom. The molecule has 0 rings (SSSR count). The van der Waals surface area contributed by atoms with Crippen molar-refractivity contribution in [3.63, 3.8) is 0 Å². The monoisotopic (exact) mass is 295 g/mol. The molecule has 0 bridgehead atoms. The first-order chi connectivity index (χ1) is 8.20. The zero-order valence-corrected chi connectivity index (χ0v) is 13.8. The van der Waals surface area contributed by atoms with Crippen molar-refractivity contribution in [1.82, 2.24) is 0 Å². The van der Waals surface area contributed by atoms with E-state index in [0.29, 0.717) is 0 Å². The zero-order chi connectivity index (χ0) is 14.6. The second kappa shape index (κ2) is 13.8. The molecule has 0 aliphatic heterocycles. The summed E-state index contributed by atoms with van der Waals surface area (Å²) in [6.45, 7) is 9.75. The second-order valence-corrected chi connectivity index (χ2v) is 5.42. The fourth-order valence-corrected chi connectivity index (χ4v) is 0.895. The molecule has 4 nitrogen and oxygen atoms in total. The third kappa shape index (κ3) is 26.9. The number of carboxylic acid groups (broad SMARTS) is 1. The molecule has 0 aromatic rings. The van der Waals surface area contributed by atoms with Gasteiger partial charge in [-0.3, -0.25) is 0 Å². The number of likely N-dealkylation sites (N-methyl/N-ethyl adjacent to an activating group) is 1. The van der Waals surface area contributed by atoms with Crippen LogP contribution in [0.2, 0.25) is 0 Å². The highest BCUT2D eigenvalue weighted by molar-refractivity contribution is 5.84. The predicted octanol–water partition coefficient (Wildman–Crippen LogP) is -0.449. The third-order valence-electron chi connectivity index (χ3n) is 2.16. The molecule has 0 saturated heterocycles. The Morgan fingerprint density at radius 2 is 1.68 bits per heavy atom. The van der Waals surface area contributed by atoms with Crippen molar-refractivity contribution in [3.8, 4) is 0 Å². The molecule has 0 unspecified atom stereocenters. The van der Waals surface area contributed by atoms with E-state index < -0.39 is 5.97 Å². The van der Waals surface area contributed by atoms with Gasteiger partial charge < -0.3 is 26.7 Å².